The third kappa shape index (κ3) is 2.26. The van der Waals surface area contributed by atoms with Gasteiger partial charge in [0.15, 0.2) is 9.84 Å². The van der Waals surface area contributed by atoms with Crippen LogP contribution in [0.1, 0.15) is 5.69 Å². The maximum Gasteiger partial charge on any atom is 0.157 e. The molecule has 0 radical (unpaired) electrons. The highest BCUT2D eigenvalue weighted by Crippen LogP contribution is 2.36. The van der Waals surface area contributed by atoms with E-state index < -0.39 is 9.84 Å². The van der Waals surface area contributed by atoms with E-state index in [1.165, 1.54) is 5.39 Å². The van der Waals surface area contributed by atoms with Crippen molar-refractivity contribution in [2.45, 2.75) is 17.9 Å². The molecule has 6 heteroatoms. The Morgan fingerprint density at radius 3 is 2.91 bits per heavy atom. The molecule has 2 aliphatic heterocycles. The molecule has 22 heavy (non-hydrogen) atoms. The quantitative estimate of drug-likeness (QED) is 0.929. The van der Waals surface area contributed by atoms with Gasteiger partial charge in [0.25, 0.3) is 0 Å². The molecule has 0 saturated carbocycles. The molecule has 1 aromatic carbocycles. The van der Waals surface area contributed by atoms with Crippen molar-refractivity contribution in [2.75, 3.05) is 26.0 Å². The molecule has 5 nitrogen and oxygen atoms in total. The van der Waals surface area contributed by atoms with Crippen LogP contribution in [0.4, 0.5) is 0 Å². The van der Waals surface area contributed by atoms with Gasteiger partial charge in [-0.2, -0.15) is 0 Å². The first-order valence-electron chi connectivity index (χ1n) is 7.60. The highest BCUT2D eigenvalue weighted by Gasteiger charge is 2.52. The van der Waals surface area contributed by atoms with Gasteiger partial charge >= 0.3 is 0 Å². The van der Waals surface area contributed by atoms with Gasteiger partial charge in [0.1, 0.15) is 0 Å². The summed E-state index contributed by atoms with van der Waals surface area (Å²) in [7, 11) is -1.40. The van der Waals surface area contributed by atoms with E-state index in [9.17, 15) is 8.42 Å². The fourth-order valence-corrected chi connectivity index (χ4v) is 6.24. The molecule has 0 aliphatic carbocycles. The molecule has 3 heterocycles. The second kappa shape index (κ2) is 5.08. The van der Waals surface area contributed by atoms with Crippen molar-refractivity contribution >= 4 is 20.7 Å². The van der Waals surface area contributed by atoms with Gasteiger partial charge < -0.3 is 9.72 Å². The molecule has 1 N–H and O–H groups in total. The molecule has 0 bridgehead atoms. The molecular weight excluding hydrogens is 300 g/mol. The average Bonchev–Trinajstić information content (AvgIpc) is 3.13. The van der Waals surface area contributed by atoms with Crippen LogP contribution in [0.2, 0.25) is 0 Å². The first-order chi connectivity index (χ1) is 10.6. The molecule has 1 aromatic heterocycles. The lowest BCUT2D eigenvalue weighted by Crippen LogP contribution is -2.28. The Labute approximate surface area is 130 Å². The van der Waals surface area contributed by atoms with Gasteiger partial charge in [-0.05, 0) is 17.5 Å². The van der Waals surface area contributed by atoms with Crippen LogP contribution in [0, 0.1) is 5.92 Å². The number of ether oxygens (including phenoxy) is 1. The summed E-state index contributed by atoms with van der Waals surface area (Å²) in [6, 6.07) is 10.3. The molecule has 2 aromatic rings. The van der Waals surface area contributed by atoms with Crippen molar-refractivity contribution in [2.24, 2.45) is 5.92 Å². The number of H-pyrrole nitrogens is 1. The number of rotatable bonds is 3. The van der Waals surface area contributed by atoms with Gasteiger partial charge in [0.2, 0.25) is 0 Å². The first kappa shape index (κ1) is 14.2. The van der Waals surface area contributed by atoms with E-state index in [1.807, 2.05) is 12.1 Å². The zero-order valence-corrected chi connectivity index (χ0v) is 13.3. The van der Waals surface area contributed by atoms with Crippen molar-refractivity contribution in [1.82, 2.24) is 9.88 Å². The van der Waals surface area contributed by atoms with Crippen molar-refractivity contribution in [3.05, 3.63) is 36.0 Å². The fraction of sp³-hybridized carbons (Fsp3) is 0.500. The van der Waals surface area contributed by atoms with Crippen molar-refractivity contribution < 1.29 is 13.2 Å². The number of nitrogens with one attached hydrogen (secondary N) is 1. The van der Waals surface area contributed by atoms with Crippen LogP contribution in [-0.2, 0) is 21.1 Å². The van der Waals surface area contributed by atoms with Crippen LogP contribution in [0.5, 0.6) is 0 Å². The lowest BCUT2D eigenvalue weighted by Gasteiger charge is -2.18. The minimum absolute atomic E-state index is 0.111. The lowest BCUT2D eigenvalue weighted by atomic mass is 10.0. The molecule has 118 valence electrons. The van der Waals surface area contributed by atoms with Gasteiger partial charge in [-0.3, -0.25) is 4.90 Å². The molecule has 0 unspecified atom stereocenters. The molecule has 0 spiro atoms. The summed E-state index contributed by atoms with van der Waals surface area (Å²) in [6.45, 7) is 2.16. The average molecular weight is 320 g/mol. The Morgan fingerprint density at radius 1 is 1.32 bits per heavy atom. The van der Waals surface area contributed by atoms with E-state index in [0.717, 1.165) is 24.3 Å². The molecule has 4 rings (SSSR count). The van der Waals surface area contributed by atoms with Crippen LogP contribution in [0.25, 0.3) is 10.9 Å². The van der Waals surface area contributed by atoms with Gasteiger partial charge in [0, 0.05) is 43.9 Å². The number of aromatic amines is 1. The Hall–Kier alpha value is -1.37. The number of hydrogen-bond donors (Lipinski definition) is 1. The summed E-state index contributed by atoms with van der Waals surface area (Å²) in [5.41, 5.74) is 2.26. The van der Waals surface area contributed by atoms with E-state index in [1.54, 1.807) is 7.11 Å². The highest BCUT2D eigenvalue weighted by molar-refractivity contribution is 7.92. The summed E-state index contributed by atoms with van der Waals surface area (Å²) < 4.78 is 29.9. The number of benzene rings is 1. The smallest absolute Gasteiger partial charge is 0.157 e. The second-order valence-corrected chi connectivity index (χ2v) is 8.65. The second-order valence-electron chi connectivity index (χ2n) is 6.38. The van der Waals surface area contributed by atoms with Crippen molar-refractivity contribution in [3.63, 3.8) is 0 Å². The molecule has 0 amide bonds. The third-order valence-corrected chi connectivity index (χ3v) is 7.22. The van der Waals surface area contributed by atoms with Crippen LogP contribution in [-0.4, -0.2) is 55.6 Å². The Kier molecular flexibility index (Phi) is 3.29. The summed E-state index contributed by atoms with van der Waals surface area (Å²) >= 11 is 0. The minimum atomic E-state index is -3.01. The number of likely N-dealkylation sites (tertiary alicyclic amines) is 1. The van der Waals surface area contributed by atoms with E-state index in [0.29, 0.717) is 6.54 Å². The lowest BCUT2D eigenvalue weighted by molar-refractivity contribution is 0.0801. The summed E-state index contributed by atoms with van der Waals surface area (Å²) in [4.78, 5) is 5.64. The summed E-state index contributed by atoms with van der Waals surface area (Å²) in [5.74, 6) is 0.290. The number of sulfone groups is 1. The zero-order chi connectivity index (χ0) is 15.3. The van der Waals surface area contributed by atoms with Crippen LogP contribution in [0.3, 0.4) is 0 Å². The topological polar surface area (TPSA) is 62.4 Å². The minimum Gasteiger partial charge on any atom is -0.380 e. The number of hydrogen-bond acceptors (Lipinski definition) is 4. The molecule has 2 aliphatic rings. The predicted octanol–water partition coefficient (Wildman–Crippen LogP) is 1.41. The van der Waals surface area contributed by atoms with Crippen LogP contribution < -0.4 is 0 Å². The Balaban J connectivity index is 1.53. The zero-order valence-electron chi connectivity index (χ0n) is 12.5. The van der Waals surface area contributed by atoms with Gasteiger partial charge in [-0.15, -0.1) is 0 Å². The summed E-state index contributed by atoms with van der Waals surface area (Å²) in [6.07, 6.45) is -0.150. The Bertz CT molecular complexity index is 766. The standard InChI is InChI=1S/C16H20N2O3S/c1-21-15-10-22(19,20)16-9-18(8-13(15)16)7-12-6-11-4-2-3-5-14(11)17-12/h2-6,13,15-17H,7-10H2,1H3/t13-,15+,16-/m0/s1. The van der Waals surface area contributed by atoms with E-state index in [4.69, 9.17) is 4.74 Å². The monoisotopic (exact) mass is 320 g/mol. The number of aromatic nitrogens is 1. The van der Waals surface area contributed by atoms with Gasteiger partial charge in [-0.25, -0.2) is 8.42 Å². The normalized spacial score (nSPS) is 30.9. The first-order valence-corrected chi connectivity index (χ1v) is 9.32. The number of fused-ring (bicyclic) bond motifs is 2. The highest BCUT2D eigenvalue weighted by atomic mass is 32.2. The van der Waals surface area contributed by atoms with E-state index >= 15 is 0 Å². The van der Waals surface area contributed by atoms with Crippen LogP contribution >= 0.6 is 0 Å². The molecule has 2 fully saturated rings. The van der Waals surface area contributed by atoms with Gasteiger partial charge in [0.05, 0.1) is 17.1 Å². The summed E-state index contributed by atoms with van der Waals surface area (Å²) in [5, 5.41) is 0.932. The number of para-hydroxylation sites is 1. The number of methoxy groups -OCH3 is 1. The SMILES string of the molecule is CO[C@@H]1CS(=O)(=O)[C@H]2CN(Cc3cc4ccccc4[nH]3)C[C@@H]12. The molecule has 3 atom stereocenters. The maximum atomic E-state index is 12.2. The molecular formula is C16H20N2O3S. The van der Waals surface area contributed by atoms with Crippen molar-refractivity contribution in [3.8, 4) is 0 Å². The molecule has 2 saturated heterocycles. The number of nitrogens with zero attached hydrogens (tertiary/aromatic N) is 1. The predicted molar refractivity (Wildman–Crippen MR) is 85.4 cm³/mol. The largest absolute Gasteiger partial charge is 0.380 e. The van der Waals surface area contributed by atoms with Gasteiger partial charge in [-0.1, -0.05) is 18.2 Å². The maximum absolute atomic E-state index is 12.2. The van der Waals surface area contributed by atoms with Crippen molar-refractivity contribution in [1.29, 1.82) is 0 Å². The fourth-order valence-electron chi connectivity index (χ4n) is 3.92. The Morgan fingerprint density at radius 2 is 2.14 bits per heavy atom. The third-order valence-electron chi connectivity index (χ3n) is 5.00. The van der Waals surface area contributed by atoms with E-state index in [2.05, 4.69) is 28.1 Å². The van der Waals surface area contributed by atoms with E-state index in [-0.39, 0.29) is 23.0 Å². The van der Waals surface area contributed by atoms with Crippen LogP contribution in [0.15, 0.2) is 30.3 Å².